The lowest BCUT2D eigenvalue weighted by Crippen LogP contribution is -2.57. The summed E-state index contributed by atoms with van der Waals surface area (Å²) in [5, 5.41) is 3.58. The van der Waals surface area contributed by atoms with Gasteiger partial charge in [0.15, 0.2) is 0 Å². The second-order valence-electron chi connectivity index (χ2n) is 16.8. The molecule has 0 bridgehead atoms. The van der Waals surface area contributed by atoms with E-state index in [1.165, 1.54) is 0 Å². The molecule has 20 heteroatoms. The molecule has 2 aromatic heterocycles. The molecular weight excluding hydrogens is 799 g/mol. The highest BCUT2D eigenvalue weighted by molar-refractivity contribution is 6.72. The van der Waals surface area contributed by atoms with E-state index in [2.05, 4.69) is 12.1 Å². The maximum absolute atomic E-state index is 7.08. The fourth-order valence-corrected chi connectivity index (χ4v) is 9.68. The van der Waals surface area contributed by atoms with Crippen molar-refractivity contribution in [2.45, 2.75) is 0 Å². The molecule has 270 valence electrons. The van der Waals surface area contributed by atoms with Crippen molar-refractivity contribution in [2.24, 2.45) is 0 Å². The Kier molecular flexibility index (Phi) is 11.3. The molecule has 68 heavy (non-hydrogen) atoms. The lowest BCUT2D eigenvalue weighted by Gasteiger charge is -2.29. The van der Waals surface area contributed by atoms with E-state index >= 15 is 0 Å². The van der Waals surface area contributed by atoms with Crippen LogP contribution >= 0.6 is 0 Å². The second kappa shape index (κ2) is 16.6. The number of rotatable bonds is 5. The van der Waals surface area contributed by atoms with E-state index in [1.807, 2.05) is 81.9 Å². The van der Waals surface area contributed by atoms with Gasteiger partial charge in [-0.1, -0.05) is 109 Å². The summed E-state index contributed by atoms with van der Waals surface area (Å²) in [4.78, 5) is 0. The predicted molar refractivity (Wildman–Crippen MR) is 308 cm³/mol. The molecular formula is C48H14B18N2. The van der Waals surface area contributed by atoms with E-state index in [0.717, 1.165) is 54.7 Å². The molecule has 0 aliphatic rings. The molecule has 10 rings (SSSR count). The largest absolute Gasteiger partial charge is 0.310 e. The molecule has 8 aromatic carbocycles. The molecule has 0 atom stereocenters. The fourth-order valence-electron chi connectivity index (χ4n) is 9.68. The third-order valence-corrected chi connectivity index (χ3v) is 13.3. The van der Waals surface area contributed by atoms with E-state index in [-0.39, 0.29) is 121 Å². The van der Waals surface area contributed by atoms with Crippen LogP contribution in [0.25, 0.3) is 88.4 Å². The maximum atomic E-state index is 7.08. The molecule has 0 fully saturated rings. The Labute approximate surface area is 419 Å². The van der Waals surface area contributed by atoms with Crippen LogP contribution < -0.4 is 98.3 Å². The smallest absolute Gasteiger partial charge is 0.117 e. The molecule has 2 nitrogen and oxygen atoms in total. The summed E-state index contributed by atoms with van der Waals surface area (Å²) in [6.45, 7) is 0. The highest BCUT2D eigenvalue weighted by Crippen LogP contribution is 2.38. The normalized spacial score (nSPS) is 11.7. The average Bonchev–Trinajstić information content (AvgIpc) is 3.84. The monoisotopic (exact) mass is 816 g/mol. The Morgan fingerprint density at radius 2 is 0.471 bits per heavy atom. The second-order valence-corrected chi connectivity index (χ2v) is 16.8. The number of para-hydroxylation sites is 2. The number of aromatic nitrogens is 2. The van der Waals surface area contributed by atoms with Crippen molar-refractivity contribution in [2.75, 3.05) is 0 Å². The van der Waals surface area contributed by atoms with E-state index in [9.17, 15) is 0 Å². The summed E-state index contributed by atoms with van der Waals surface area (Å²) in [6.07, 6.45) is 0. The summed E-state index contributed by atoms with van der Waals surface area (Å²) in [5.74, 6) is 0. The zero-order valence-corrected chi connectivity index (χ0v) is 36.4. The minimum atomic E-state index is 0.0230. The van der Waals surface area contributed by atoms with Gasteiger partial charge in [0.2, 0.25) is 0 Å². The van der Waals surface area contributed by atoms with Gasteiger partial charge in [-0.05, 0) is 69.8 Å². The van der Waals surface area contributed by atoms with Crippen LogP contribution in [-0.2, 0) is 0 Å². The first-order valence-corrected chi connectivity index (χ1v) is 20.9. The molecule has 10 aromatic rings. The lowest BCUT2D eigenvalue weighted by atomic mass is 9.56. The van der Waals surface area contributed by atoms with Crippen molar-refractivity contribution in [3.63, 3.8) is 0 Å². The Bertz CT molecular complexity index is 3820. The van der Waals surface area contributed by atoms with Gasteiger partial charge in [-0.2, -0.15) is 0 Å². The van der Waals surface area contributed by atoms with Crippen molar-refractivity contribution in [1.82, 2.24) is 9.13 Å². The van der Waals surface area contributed by atoms with E-state index in [4.69, 9.17) is 141 Å². The van der Waals surface area contributed by atoms with Crippen LogP contribution in [0, 0.1) is 0 Å². The molecule has 0 N–H and O–H groups in total. The Morgan fingerprint density at radius 3 is 0.838 bits per heavy atom. The number of fused-ring (bicyclic) bond motifs is 6. The minimum Gasteiger partial charge on any atom is -0.310 e. The molecule has 2 heterocycles. The Hall–Kier alpha value is -5.47. The number of nitrogens with zero attached hydrogens (tertiary/aromatic N) is 2. The van der Waals surface area contributed by atoms with Crippen LogP contribution in [0.4, 0.5) is 0 Å². The summed E-state index contributed by atoms with van der Waals surface area (Å²) >= 11 is 0. The number of hydrogen-bond donors (Lipinski definition) is 0. The van der Waals surface area contributed by atoms with Crippen LogP contribution in [-0.4, -0.2) is 150 Å². The molecule has 0 amide bonds. The first-order chi connectivity index (χ1) is 32.3. The molecule has 0 saturated heterocycles. The molecule has 0 aliphatic heterocycles. The lowest BCUT2D eigenvalue weighted by molar-refractivity contribution is 1.21. The summed E-state index contributed by atoms with van der Waals surface area (Å²) in [6, 6.07) is 27.9. The summed E-state index contributed by atoms with van der Waals surface area (Å²) in [5.41, 5.74) is 7.46. The minimum absolute atomic E-state index is 0.0230. The van der Waals surface area contributed by atoms with Gasteiger partial charge in [0.1, 0.15) is 141 Å². The van der Waals surface area contributed by atoms with Crippen molar-refractivity contribution >= 4 is 283 Å². The third-order valence-electron chi connectivity index (χ3n) is 13.3. The Balaban J connectivity index is 1.17. The predicted octanol–water partition coefficient (Wildman–Crippen LogP) is -8.83. The average molecular weight is 813 g/mol. The highest BCUT2D eigenvalue weighted by Gasteiger charge is 2.25. The van der Waals surface area contributed by atoms with Crippen molar-refractivity contribution in [3.8, 4) is 44.8 Å². The topological polar surface area (TPSA) is 9.86 Å². The fraction of sp³-hybridized carbons (Fsp3) is 0. The van der Waals surface area contributed by atoms with Gasteiger partial charge in [0.05, 0.1) is 22.1 Å². The first-order valence-electron chi connectivity index (χ1n) is 20.9. The summed E-state index contributed by atoms with van der Waals surface area (Å²) in [7, 11) is 118. The Morgan fingerprint density at radius 1 is 0.221 bits per heavy atom. The standard InChI is InChI=1S/C48H14B18N2/c49-29-25(30(50)38(58)42(62)37(29)57)26-34(54)44(64)48(45(65)35(26)55)68-22-8-4-2-6-18(22)20-14-16(10-12-24(20)68)15-9-11-23-19(13-15)17-5-1-3-7-21(17)67(23)47-36(56)28(33(53)41(61)46(47)66)27-31(51)39(59)43(63)40(60)32(27)52/h1-14H. The number of benzene rings is 8. The van der Waals surface area contributed by atoms with Gasteiger partial charge in [-0.15, -0.1) is 38.2 Å². The SMILES string of the molecule is [B]c1c([B])c([B])c(-c2c([B])c([B])c(-n3c4ccccc4c4cc(-c5ccc6c(c5)c5ccccc5n6-c5c([B])c([B])c([B])c(-c6c([B])c([B])c([B])c([B])c6[B])c5[B])ccc43)c([B])c2[B])c([B])c1[B]. The van der Waals surface area contributed by atoms with Gasteiger partial charge < -0.3 is 9.13 Å². The van der Waals surface area contributed by atoms with Gasteiger partial charge in [-0.25, -0.2) is 0 Å². The summed E-state index contributed by atoms with van der Waals surface area (Å²) < 4.78 is 3.86. The van der Waals surface area contributed by atoms with Gasteiger partial charge >= 0.3 is 0 Å². The molecule has 0 aliphatic carbocycles. The van der Waals surface area contributed by atoms with Crippen molar-refractivity contribution in [1.29, 1.82) is 0 Å². The number of hydrogen-bond acceptors (Lipinski definition) is 0. The first kappa shape index (κ1) is 46.3. The van der Waals surface area contributed by atoms with Crippen LogP contribution in [0.3, 0.4) is 0 Å². The van der Waals surface area contributed by atoms with Gasteiger partial charge in [-0.3, -0.25) is 0 Å². The third kappa shape index (κ3) is 6.44. The highest BCUT2D eigenvalue weighted by atomic mass is 15.0. The maximum Gasteiger partial charge on any atom is 0.117 e. The van der Waals surface area contributed by atoms with Gasteiger partial charge in [0, 0.05) is 32.9 Å². The van der Waals surface area contributed by atoms with Crippen LogP contribution in [0.15, 0.2) is 84.9 Å². The molecule has 0 saturated carbocycles. The van der Waals surface area contributed by atoms with Crippen LogP contribution in [0.5, 0.6) is 0 Å². The molecule has 0 unspecified atom stereocenters. The van der Waals surface area contributed by atoms with Crippen LogP contribution in [0.1, 0.15) is 0 Å². The molecule has 36 radical (unpaired) electrons. The molecule has 0 spiro atoms. The van der Waals surface area contributed by atoms with Gasteiger partial charge in [0.25, 0.3) is 0 Å². The van der Waals surface area contributed by atoms with E-state index in [0.29, 0.717) is 11.4 Å². The van der Waals surface area contributed by atoms with Crippen LogP contribution in [0.2, 0.25) is 0 Å². The van der Waals surface area contributed by atoms with E-state index < -0.39 is 0 Å². The van der Waals surface area contributed by atoms with Crippen molar-refractivity contribution < 1.29 is 0 Å². The van der Waals surface area contributed by atoms with Crippen molar-refractivity contribution in [3.05, 3.63) is 84.9 Å². The zero-order chi connectivity index (χ0) is 48.7. The van der Waals surface area contributed by atoms with E-state index in [1.54, 1.807) is 0 Å². The zero-order valence-electron chi connectivity index (χ0n) is 36.4. The quantitative estimate of drug-likeness (QED) is 0.153.